The monoisotopic (exact) mass is 274 g/mol. The molecule has 92 valence electrons. The summed E-state index contributed by atoms with van der Waals surface area (Å²) < 4.78 is 16.2. The van der Waals surface area contributed by atoms with E-state index in [0.717, 1.165) is 0 Å². The molecule has 0 amide bonds. The van der Waals surface area contributed by atoms with Gasteiger partial charge in [-0.2, -0.15) is 0 Å². The fourth-order valence-electron chi connectivity index (χ4n) is 0.851. The molecule has 1 unspecified atom stereocenters. The van der Waals surface area contributed by atoms with Crippen molar-refractivity contribution >= 4 is 32.7 Å². The zero-order valence-electron chi connectivity index (χ0n) is 9.59. The van der Waals surface area contributed by atoms with Crippen molar-refractivity contribution in [2.75, 3.05) is 25.7 Å². The number of alkyl halides is 2. The molecule has 0 aliphatic heterocycles. The van der Waals surface area contributed by atoms with E-state index in [9.17, 15) is 0 Å². The molecule has 0 aromatic rings. The number of hydrogen-bond acceptors (Lipinski definition) is 3. The minimum Gasteiger partial charge on any atom is -0.376 e. The molecule has 0 fully saturated rings. The molecular formula is C9H20Cl2O3Si. The smallest absolute Gasteiger partial charge is 0.376 e. The molecule has 3 nitrogen and oxygen atoms in total. The van der Waals surface area contributed by atoms with Crippen LogP contribution < -0.4 is 0 Å². The second kappa shape index (κ2) is 8.79. The summed E-state index contributed by atoms with van der Waals surface area (Å²) in [5, 5.41) is 0. The van der Waals surface area contributed by atoms with Gasteiger partial charge in [0.25, 0.3) is 0 Å². The van der Waals surface area contributed by atoms with Gasteiger partial charge in [-0.05, 0) is 27.2 Å². The highest BCUT2D eigenvalue weighted by molar-refractivity contribution is 6.36. The molecule has 0 spiro atoms. The van der Waals surface area contributed by atoms with Gasteiger partial charge in [0.1, 0.15) is 0 Å². The first-order chi connectivity index (χ1) is 7.05. The Kier molecular flexibility index (Phi) is 9.18. The SMILES string of the molecule is CCO[SiH](OCC)OCCC(C)(Cl)CCl. The summed E-state index contributed by atoms with van der Waals surface area (Å²) >= 11 is 11.8. The van der Waals surface area contributed by atoms with E-state index in [1.165, 1.54) is 0 Å². The maximum atomic E-state index is 6.08. The molecule has 1 atom stereocenters. The van der Waals surface area contributed by atoms with Crippen LogP contribution in [0.3, 0.4) is 0 Å². The van der Waals surface area contributed by atoms with Gasteiger partial charge in [-0.25, -0.2) is 0 Å². The molecule has 0 bridgehead atoms. The van der Waals surface area contributed by atoms with Crippen molar-refractivity contribution < 1.29 is 13.3 Å². The highest BCUT2D eigenvalue weighted by atomic mass is 35.5. The summed E-state index contributed by atoms with van der Waals surface area (Å²) in [4.78, 5) is -0.404. The third kappa shape index (κ3) is 8.48. The Morgan fingerprint density at radius 3 is 2.07 bits per heavy atom. The van der Waals surface area contributed by atoms with Crippen molar-refractivity contribution in [3.8, 4) is 0 Å². The lowest BCUT2D eigenvalue weighted by Gasteiger charge is -2.20. The number of rotatable bonds is 9. The van der Waals surface area contributed by atoms with Crippen molar-refractivity contribution in [2.45, 2.75) is 32.1 Å². The minimum atomic E-state index is -1.94. The Morgan fingerprint density at radius 2 is 1.67 bits per heavy atom. The molecule has 0 saturated carbocycles. The van der Waals surface area contributed by atoms with Crippen molar-refractivity contribution in [3.63, 3.8) is 0 Å². The average Bonchev–Trinajstić information content (AvgIpc) is 2.18. The lowest BCUT2D eigenvalue weighted by Crippen LogP contribution is -2.30. The highest BCUT2D eigenvalue weighted by Crippen LogP contribution is 2.20. The van der Waals surface area contributed by atoms with Crippen LogP contribution >= 0.6 is 23.2 Å². The van der Waals surface area contributed by atoms with E-state index in [4.69, 9.17) is 36.5 Å². The lowest BCUT2D eigenvalue weighted by atomic mass is 10.1. The first-order valence-corrected chi connectivity index (χ1v) is 7.48. The molecule has 15 heavy (non-hydrogen) atoms. The predicted octanol–water partition coefficient (Wildman–Crippen LogP) is 2.42. The first kappa shape index (κ1) is 15.7. The van der Waals surface area contributed by atoms with E-state index in [0.29, 0.717) is 32.1 Å². The van der Waals surface area contributed by atoms with Crippen LogP contribution in [0, 0.1) is 0 Å². The Bertz CT molecular complexity index is 152. The molecule has 0 saturated heterocycles. The molecule has 0 aromatic heterocycles. The molecule has 0 N–H and O–H groups in total. The van der Waals surface area contributed by atoms with Crippen LogP contribution in [-0.2, 0) is 13.3 Å². The van der Waals surface area contributed by atoms with Gasteiger partial charge in [0, 0.05) is 25.7 Å². The molecule has 0 heterocycles. The van der Waals surface area contributed by atoms with Gasteiger partial charge < -0.3 is 13.3 Å². The minimum absolute atomic E-state index is 0.404. The van der Waals surface area contributed by atoms with Crippen LogP contribution in [0.5, 0.6) is 0 Å². The molecule has 0 rings (SSSR count). The second-order valence-corrected chi connectivity index (χ2v) is 6.12. The van der Waals surface area contributed by atoms with Crippen LogP contribution in [-0.4, -0.2) is 40.1 Å². The average molecular weight is 275 g/mol. The maximum absolute atomic E-state index is 6.08. The summed E-state index contributed by atoms with van der Waals surface area (Å²) in [5.74, 6) is 0.410. The highest BCUT2D eigenvalue weighted by Gasteiger charge is 2.21. The van der Waals surface area contributed by atoms with E-state index in [-0.39, 0.29) is 0 Å². The van der Waals surface area contributed by atoms with E-state index in [2.05, 4.69) is 0 Å². The Balaban J connectivity index is 3.69. The standard InChI is InChI=1S/C9H20Cl2O3Si/c1-4-12-15(13-5-2)14-7-6-9(3,11)8-10/h15H,4-8H2,1-3H3. The van der Waals surface area contributed by atoms with Crippen LogP contribution in [0.1, 0.15) is 27.2 Å². The quantitative estimate of drug-likeness (QED) is 0.478. The maximum Gasteiger partial charge on any atom is 0.484 e. The molecule has 6 heteroatoms. The summed E-state index contributed by atoms with van der Waals surface area (Å²) in [6.07, 6.45) is 0.696. The van der Waals surface area contributed by atoms with Crippen LogP contribution in [0.4, 0.5) is 0 Å². The van der Waals surface area contributed by atoms with E-state index < -0.39 is 14.4 Å². The van der Waals surface area contributed by atoms with Crippen LogP contribution in [0.25, 0.3) is 0 Å². The third-order valence-electron chi connectivity index (χ3n) is 1.76. The summed E-state index contributed by atoms with van der Waals surface area (Å²) in [7, 11) is -1.94. The largest absolute Gasteiger partial charge is 0.484 e. The summed E-state index contributed by atoms with van der Waals surface area (Å²) in [5.41, 5.74) is 0. The van der Waals surface area contributed by atoms with E-state index >= 15 is 0 Å². The van der Waals surface area contributed by atoms with Crippen molar-refractivity contribution in [2.24, 2.45) is 0 Å². The fourth-order valence-corrected chi connectivity index (χ4v) is 2.21. The summed E-state index contributed by atoms with van der Waals surface area (Å²) in [6.45, 7) is 7.50. The van der Waals surface area contributed by atoms with E-state index in [1.807, 2.05) is 20.8 Å². The molecule has 0 aromatic carbocycles. The van der Waals surface area contributed by atoms with Crippen LogP contribution in [0.2, 0.25) is 0 Å². The molecule has 0 aliphatic carbocycles. The van der Waals surface area contributed by atoms with Gasteiger partial charge in [-0.1, -0.05) is 0 Å². The second-order valence-electron chi connectivity index (χ2n) is 3.37. The number of halogens is 2. The first-order valence-electron chi connectivity index (χ1n) is 5.15. The Hall–Kier alpha value is 0.677. The van der Waals surface area contributed by atoms with Gasteiger partial charge in [0.15, 0.2) is 0 Å². The zero-order chi connectivity index (χ0) is 11.7. The topological polar surface area (TPSA) is 27.7 Å². The predicted molar refractivity (Wildman–Crippen MR) is 65.9 cm³/mol. The van der Waals surface area contributed by atoms with Gasteiger partial charge >= 0.3 is 9.53 Å². The molecular weight excluding hydrogens is 255 g/mol. The lowest BCUT2D eigenvalue weighted by molar-refractivity contribution is 0.0991. The van der Waals surface area contributed by atoms with Gasteiger partial charge in [0.2, 0.25) is 0 Å². The van der Waals surface area contributed by atoms with Gasteiger partial charge in [-0.3, -0.25) is 0 Å². The number of hydrogen-bond donors (Lipinski definition) is 0. The Morgan fingerprint density at radius 1 is 1.13 bits per heavy atom. The molecule has 0 aliphatic rings. The Labute approximate surface area is 104 Å². The normalized spacial score (nSPS) is 15.6. The zero-order valence-corrected chi connectivity index (χ0v) is 12.3. The van der Waals surface area contributed by atoms with Gasteiger partial charge in [-0.15, -0.1) is 23.2 Å². The van der Waals surface area contributed by atoms with Crippen molar-refractivity contribution in [1.29, 1.82) is 0 Å². The van der Waals surface area contributed by atoms with E-state index in [1.54, 1.807) is 0 Å². The van der Waals surface area contributed by atoms with Crippen molar-refractivity contribution in [1.82, 2.24) is 0 Å². The third-order valence-corrected chi connectivity index (χ3v) is 4.53. The van der Waals surface area contributed by atoms with Gasteiger partial charge in [0.05, 0.1) is 4.87 Å². The fraction of sp³-hybridized carbons (Fsp3) is 1.00. The molecule has 0 radical (unpaired) electrons. The van der Waals surface area contributed by atoms with Crippen LogP contribution in [0.15, 0.2) is 0 Å². The van der Waals surface area contributed by atoms with Crippen molar-refractivity contribution in [3.05, 3.63) is 0 Å². The summed E-state index contributed by atoms with van der Waals surface area (Å²) in [6, 6.07) is 0.